The van der Waals surface area contributed by atoms with Gasteiger partial charge in [0.15, 0.2) is 0 Å². The number of hydrogen-bond acceptors (Lipinski definition) is 1. The van der Waals surface area contributed by atoms with Gasteiger partial charge < -0.3 is 5.11 Å². The summed E-state index contributed by atoms with van der Waals surface area (Å²) in [5.74, 6) is -0.417. The maximum atomic E-state index is 10.9. The fourth-order valence-corrected chi connectivity index (χ4v) is 1.16. The summed E-state index contributed by atoms with van der Waals surface area (Å²) in [7, 11) is 0. The van der Waals surface area contributed by atoms with E-state index in [0.717, 1.165) is 6.42 Å². The van der Waals surface area contributed by atoms with Crippen LogP contribution in [0.3, 0.4) is 0 Å². The van der Waals surface area contributed by atoms with Gasteiger partial charge in [-0.3, -0.25) is 4.79 Å². The zero-order chi connectivity index (χ0) is 9.07. The first kappa shape index (κ1) is 14.7. The monoisotopic (exact) mass is 184 g/mol. The smallest absolute Gasteiger partial charge is 0.316 e. The van der Waals surface area contributed by atoms with Crippen LogP contribution in [0.15, 0.2) is 0 Å². The molecule has 0 saturated carbocycles. The third-order valence-electron chi connectivity index (χ3n) is 2.92. The molecule has 2 nitrogen and oxygen atoms in total. The fourth-order valence-electron chi connectivity index (χ4n) is 1.16. The molecule has 0 saturated heterocycles. The molecule has 0 aliphatic rings. The Kier molecular flexibility index (Phi) is 7.14. The van der Waals surface area contributed by atoms with Crippen molar-refractivity contribution in [2.75, 3.05) is 0 Å². The molecular weight excluding hydrogens is 164 g/mol. The SMILES string of the molecule is CCC(C)C(C)(CC)C(=O)O.[MgH2]. The van der Waals surface area contributed by atoms with E-state index in [1.165, 1.54) is 0 Å². The molecule has 0 fully saturated rings. The van der Waals surface area contributed by atoms with Gasteiger partial charge in [0.05, 0.1) is 5.41 Å². The van der Waals surface area contributed by atoms with Crippen molar-refractivity contribution in [1.82, 2.24) is 0 Å². The second-order valence-electron chi connectivity index (χ2n) is 3.39. The molecule has 2 atom stereocenters. The maximum absolute atomic E-state index is 10.9. The summed E-state index contributed by atoms with van der Waals surface area (Å²) in [6, 6.07) is 0. The molecule has 12 heavy (non-hydrogen) atoms. The summed E-state index contributed by atoms with van der Waals surface area (Å²) < 4.78 is 0. The van der Waals surface area contributed by atoms with Crippen molar-refractivity contribution in [2.45, 2.75) is 40.5 Å². The van der Waals surface area contributed by atoms with Crippen LogP contribution in [-0.2, 0) is 4.79 Å². The molecule has 0 amide bonds. The lowest BCUT2D eigenvalue weighted by Gasteiger charge is -2.29. The van der Waals surface area contributed by atoms with E-state index in [9.17, 15) is 4.79 Å². The molecule has 3 heteroatoms. The normalized spacial score (nSPS) is 17.3. The molecule has 0 bridgehead atoms. The Morgan fingerprint density at radius 2 is 1.92 bits per heavy atom. The largest absolute Gasteiger partial charge is 0.481 e. The number of aliphatic carboxylic acids is 1. The van der Waals surface area contributed by atoms with Crippen LogP contribution in [0.25, 0.3) is 0 Å². The van der Waals surface area contributed by atoms with Crippen molar-refractivity contribution in [3.8, 4) is 0 Å². The first-order valence-corrected chi connectivity index (χ1v) is 4.22. The summed E-state index contributed by atoms with van der Waals surface area (Å²) in [5.41, 5.74) is -0.533. The number of carboxylic acids is 1. The van der Waals surface area contributed by atoms with Gasteiger partial charge in [-0.2, -0.15) is 0 Å². The van der Waals surface area contributed by atoms with Crippen molar-refractivity contribution in [3.05, 3.63) is 0 Å². The highest BCUT2D eigenvalue weighted by molar-refractivity contribution is 5.75. The van der Waals surface area contributed by atoms with Gasteiger partial charge in [-0.1, -0.05) is 27.2 Å². The average Bonchev–Trinajstić information content (AvgIpc) is 2.01. The van der Waals surface area contributed by atoms with Crippen LogP contribution in [0.1, 0.15) is 40.5 Å². The van der Waals surface area contributed by atoms with E-state index in [4.69, 9.17) is 5.11 Å². The van der Waals surface area contributed by atoms with E-state index in [-0.39, 0.29) is 29.0 Å². The van der Waals surface area contributed by atoms with Gasteiger partial charge >= 0.3 is 29.0 Å². The van der Waals surface area contributed by atoms with Crippen LogP contribution in [0.5, 0.6) is 0 Å². The molecule has 0 spiro atoms. The molecule has 0 radical (unpaired) electrons. The van der Waals surface area contributed by atoms with Gasteiger partial charge in [0.2, 0.25) is 0 Å². The molecule has 0 aromatic carbocycles. The number of carboxylic acid groups (broad SMARTS) is 1. The summed E-state index contributed by atoms with van der Waals surface area (Å²) in [4.78, 5) is 10.9. The van der Waals surface area contributed by atoms with E-state index >= 15 is 0 Å². The molecule has 1 N–H and O–H groups in total. The summed E-state index contributed by atoms with van der Waals surface area (Å²) in [6.45, 7) is 7.78. The van der Waals surface area contributed by atoms with E-state index in [0.29, 0.717) is 6.42 Å². The highest BCUT2D eigenvalue weighted by atomic mass is 24.3. The standard InChI is InChI=1S/C9H18O2.Mg.2H/c1-5-7(3)9(4,6-2)8(10)11;;;/h7H,5-6H2,1-4H3,(H,10,11);;;. The van der Waals surface area contributed by atoms with Gasteiger partial charge in [0.1, 0.15) is 0 Å². The zero-order valence-corrected chi connectivity index (χ0v) is 7.85. The Bertz CT molecular complexity index is 147. The predicted octanol–water partition coefficient (Wildman–Crippen LogP) is 1.62. The molecule has 0 aliphatic heterocycles. The number of carbonyl (C=O) groups is 1. The Balaban J connectivity index is 0. The van der Waals surface area contributed by atoms with Crippen LogP contribution in [-0.4, -0.2) is 34.1 Å². The van der Waals surface area contributed by atoms with Crippen molar-refractivity contribution < 1.29 is 9.90 Å². The van der Waals surface area contributed by atoms with E-state index in [1.807, 2.05) is 27.7 Å². The van der Waals surface area contributed by atoms with Gasteiger partial charge in [0, 0.05) is 0 Å². The minimum absolute atomic E-state index is 0. The highest BCUT2D eigenvalue weighted by Gasteiger charge is 2.35. The number of hydrogen-bond donors (Lipinski definition) is 1. The molecule has 0 aromatic heterocycles. The summed E-state index contributed by atoms with van der Waals surface area (Å²) in [5, 5.41) is 8.93. The molecule has 0 heterocycles. The van der Waals surface area contributed by atoms with Crippen LogP contribution in [0.2, 0.25) is 0 Å². The average molecular weight is 185 g/mol. The lowest BCUT2D eigenvalue weighted by molar-refractivity contribution is -0.151. The zero-order valence-electron chi connectivity index (χ0n) is 7.85. The third kappa shape index (κ3) is 2.94. The molecular formula is C9H20MgO2. The van der Waals surface area contributed by atoms with Crippen molar-refractivity contribution in [2.24, 2.45) is 11.3 Å². The summed E-state index contributed by atoms with van der Waals surface area (Å²) >= 11 is 0. The minimum atomic E-state index is -0.672. The molecule has 2 unspecified atom stereocenters. The van der Waals surface area contributed by atoms with E-state index < -0.39 is 11.4 Å². The van der Waals surface area contributed by atoms with Crippen molar-refractivity contribution >= 4 is 29.0 Å². The van der Waals surface area contributed by atoms with Crippen LogP contribution in [0.4, 0.5) is 0 Å². The Morgan fingerprint density at radius 1 is 1.50 bits per heavy atom. The van der Waals surface area contributed by atoms with Crippen molar-refractivity contribution in [1.29, 1.82) is 0 Å². The Labute approximate surface area is 90.9 Å². The third-order valence-corrected chi connectivity index (χ3v) is 2.92. The first-order valence-electron chi connectivity index (χ1n) is 4.22. The van der Waals surface area contributed by atoms with Gasteiger partial charge in [-0.25, -0.2) is 0 Å². The quantitative estimate of drug-likeness (QED) is 0.674. The second kappa shape index (κ2) is 5.81. The fraction of sp³-hybridized carbons (Fsp3) is 0.889. The number of rotatable bonds is 4. The lowest BCUT2D eigenvalue weighted by Crippen LogP contribution is -2.33. The second-order valence-corrected chi connectivity index (χ2v) is 3.39. The summed E-state index contributed by atoms with van der Waals surface area (Å²) in [6.07, 6.45) is 1.63. The molecule has 0 rings (SSSR count). The Morgan fingerprint density at radius 3 is 2.00 bits per heavy atom. The molecule has 0 aliphatic carbocycles. The van der Waals surface area contributed by atoms with Crippen LogP contribution >= 0.6 is 0 Å². The first-order chi connectivity index (χ1) is 4.99. The van der Waals surface area contributed by atoms with Gasteiger partial charge in [0.25, 0.3) is 0 Å². The highest BCUT2D eigenvalue weighted by Crippen LogP contribution is 2.33. The predicted molar refractivity (Wildman–Crippen MR) is 54.0 cm³/mol. The lowest BCUT2D eigenvalue weighted by atomic mass is 9.75. The molecule has 0 aromatic rings. The van der Waals surface area contributed by atoms with Crippen LogP contribution < -0.4 is 0 Å². The van der Waals surface area contributed by atoms with Crippen molar-refractivity contribution in [3.63, 3.8) is 0 Å². The van der Waals surface area contributed by atoms with E-state index in [2.05, 4.69) is 0 Å². The molecule has 70 valence electrons. The van der Waals surface area contributed by atoms with Gasteiger partial charge in [-0.15, -0.1) is 0 Å². The minimum Gasteiger partial charge on any atom is -0.481 e. The van der Waals surface area contributed by atoms with Gasteiger partial charge in [-0.05, 0) is 19.3 Å². The van der Waals surface area contributed by atoms with E-state index in [1.54, 1.807) is 0 Å². The Hall–Kier alpha value is 0.236. The van der Waals surface area contributed by atoms with Crippen LogP contribution in [0, 0.1) is 11.3 Å². The topological polar surface area (TPSA) is 37.3 Å². The maximum Gasteiger partial charge on any atom is 0.316 e.